The molecule has 1 atom stereocenters. The molecule has 1 unspecified atom stereocenters. The van der Waals surface area contributed by atoms with Gasteiger partial charge < -0.3 is 42.8 Å². The minimum absolute atomic E-state index is 0.0156. The summed E-state index contributed by atoms with van der Waals surface area (Å²) < 4.78 is 78.5. The topological polar surface area (TPSA) is 282 Å². The van der Waals surface area contributed by atoms with Crippen molar-refractivity contribution in [3.8, 4) is 23.3 Å². The number of benzene rings is 2. The first-order chi connectivity index (χ1) is 40.4. The highest BCUT2D eigenvalue weighted by atomic mass is 31.2. The SMILES string of the molecule is COc1cnc(OC)c2c1c(C(=O)C(=O)N1CCC(C(=O)c3ccccc3)CC1)cn2COP(=O)(O)OC(C)(C)C.COc1cnc(OC)c2c1c(C(=O)C(=O)N1CCC(C(=O)c3ccccc3)CC1)cn2COP(=O)(OC(C)(C)C)OC(C)(C)C. The van der Waals surface area contributed by atoms with Gasteiger partial charge in [0.1, 0.15) is 36.0 Å². The molecule has 2 amide bonds. The lowest BCUT2D eigenvalue weighted by Crippen LogP contribution is -2.43. The summed E-state index contributed by atoms with van der Waals surface area (Å²) in [5, 5.41) is 0.517. The number of carbonyl (C=O) groups excluding carboxylic acids is 6. The van der Waals surface area contributed by atoms with E-state index in [9.17, 15) is 42.8 Å². The average molecular weight is 1230 g/mol. The van der Waals surface area contributed by atoms with Crippen LogP contribution in [-0.4, -0.2) is 140 Å². The molecular formula is C60H76N6O18P2. The molecule has 2 saturated heterocycles. The van der Waals surface area contributed by atoms with Crippen LogP contribution in [0, 0.1) is 11.8 Å². The second kappa shape index (κ2) is 27.3. The number of methoxy groups -OCH3 is 4. The van der Waals surface area contributed by atoms with Gasteiger partial charge in [0, 0.05) is 61.5 Å². The number of rotatable bonds is 21. The Morgan fingerprint density at radius 2 is 0.872 bits per heavy atom. The monoisotopic (exact) mass is 1230 g/mol. The fourth-order valence-corrected chi connectivity index (χ4v) is 12.7. The van der Waals surface area contributed by atoms with Crippen molar-refractivity contribution < 1.29 is 84.4 Å². The summed E-state index contributed by atoms with van der Waals surface area (Å²) >= 11 is 0. The van der Waals surface area contributed by atoms with E-state index in [1.165, 1.54) is 72.2 Å². The van der Waals surface area contributed by atoms with Crippen LogP contribution in [0.3, 0.4) is 0 Å². The number of phosphoric ester groups is 2. The Morgan fingerprint density at radius 3 is 1.20 bits per heavy atom. The van der Waals surface area contributed by atoms with Crippen LogP contribution >= 0.6 is 15.6 Å². The van der Waals surface area contributed by atoms with E-state index in [-0.39, 0.29) is 107 Å². The number of fused-ring (bicyclic) bond motifs is 2. The van der Waals surface area contributed by atoms with Crippen LogP contribution in [0.25, 0.3) is 21.8 Å². The van der Waals surface area contributed by atoms with Crippen molar-refractivity contribution in [1.82, 2.24) is 28.9 Å². The largest absolute Gasteiger partial charge is 0.494 e. The number of carbonyl (C=O) groups is 6. The number of phosphoric acid groups is 2. The van der Waals surface area contributed by atoms with Crippen molar-refractivity contribution >= 4 is 72.4 Å². The Balaban J connectivity index is 0.000000247. The number of Topliss-reactive ketones (excluding diaryl/α,β-unsaturated/α-hetero) is 4. The molecule has 0 radical (unpaired) electrons. The standard InChI is InChI=1S/C32H42N3O9P.C28H34N3O9P/c1-31(2,3)43-45(39,44-32(4,5)6)42-20-35-19-23(25-24(40-7)18-33-29(41-8)26(25)35)28(37)30(38)34-16-14-22(15-17-34)27(36)21-12-10-9-11-13-21;1-28(2,3)40-41(35,36)39-17-31-16-20(22-21(37-4)15-29-26(38-5)23(22)31)25(33)27(34)30-13-11-19(12-14-30)24(32)18-9-7-6-8-10-18/h9-13,18-19,22H,14-17,20H2,1-8H3;6-10,15-16,19H,11-14,17H2,1-5H3,(H,35,36). The Labute approximate surface area is 499 Å². The molecule has 464 valence electrons. The lowest BCUT2D eigenvalue weighted by molar-refractivity contribution is -0.128. The Bertz CT molecular complexity index is 3530. The van der Waals surface area contributed by atoms with Crippen molar-refractivity contribution in [2.75, 3.05) is 54.6 Å². The zero-order chi connectivity index (χ0) is 63.1. The summed E-state index contributed by atoms with van der Waals surface area (Å²) in [5.41, 5.74) is -0.905. The summed E-state index contributed by atoms with van der Waals surface area (Å²) in [7, 11) is -3.04. The zero-order valence-corrected chi connectivity index (χ0v) is 52.6. The molecular weight excluding hydrogens is 1150 g/mol. The van der Waals surface area contributed by atoms with Crippen LogP contribution < -0.4 is 18.9 Å². The summed E-state index contributed by atoms with van der Waals surface area (Å²) in [4.78, 5) is 102. The number of ketones is 4. The van der Waals surface area contributed by atoms with Crippen LogP contribution in [0.15, 0.2) is 85.5 Å². The van der Waals surface area contributed by atoms with E-state index in [2.05, 4.69) is 9.97 Å². The summed E-state index contributed by atoms with van der Waals surface area (Å²) in [5.74, 6) is -2.83. The van der Waals surface area contributed by atoms with Crippen molar-refractivity contribution in [1.29, 1.82) is 0 Å². The highest BCUT2D eigenvalue weighted by molar-refractivity contribution is 7.48. The Hall–Kier alpha value is -7.14. The predicted octanol–water partition coefficient (Wildman–Crippen LogP) is 10.3. The molecule has 6 aromatic rings. The number of piperidine rings is 2. The van der Waals surface area contributed by atoms with Gasteiger partial charge >= 0.3 is 15.6 Å². The van der Waals surface area contributed by atoms with Gasteiger partial charge in [-0.3, -0.25) is 51.4 Å². The lowest BCUT2D eigenvalue weighted by atomic mass is 9.88. The highest BCUT2D eigenvalue weighted by Crippen LogP contribution is 2.56. The van der Waals surface area contributed by atoms with E-state index in [1.54, 1.807) is 86.6 Å². The summed E-state index contributed by atoms with van der Waals surface area (Å²) in [6, 6.07) is 18.0. The fraction of sp³-hybridized carbons (Fsp3) is 0.467. The van der Waals surface area contributed by atoms with Crippen LogP contribution in [0.4, 0.5) is 0 Å². The summed E-state index contributed by atoms with van der Waals surface area (Å²) in [6.07, 6.45) is 7.26. The van der Waals surface area contributed by atoms with Crippen LogP contribution in [0.2, 0.25) is 0 Å². The van der Waals surface area contributed by atoms with E-state index >= 15 is 0 Å². The number of likely N-dealkylation sites (tertiary alicyclic amines) is 2. The third-order valence-corrected chi connectivity index (χ3v) is 16.8. The van der Waals surface area contributed by atoms with Gasteiger partial charge in [0.25, 0.3) is 23.4 Å². The smallest absolute Gasteiger partial charge is 0.477 e. The molecule has 24 nitrogen and oxygen atoms in total. The molecule has 2 aliphatic rings. The number of nitrogens with zero attached hydrogens (tertiary/aromatic N) is 6. The van der Waals surface area contributed by atoms with E-state index in [0.717, 1.165) is 0 Å². The third-order valence-electron chi connectivity index (χ3n) is 13.7. The molecule has 2 fully saturated rings. The maximum absolute atomic E-state index is 13.8. The zero-order valence-electron chi connectivity index (χ0n) is 50.8. The quantitative estimate of drug-likeness (QED) is 0.0398. The van der Waals surface area contributed by atoms with Gasteiger partial charge in [0.2, 0.25) is 11.8 Å². The first-order valence-electron chi connectivity index (χ1n) is 27.8. The molecule has 6 heterocycles. The van der Waals surface area contributed by atoms with Gasteiger partial charge in [-0.05, 0) is 88.0 Å². The lowest BCUT2D eigenvalue weighted by Gasteiger charge is -2.31. The first-order valence-corrected chi connectivity index (χ1v) is 30.8. The van der Waals surface area contributed by atoms with E-state index < -0.39 is 62.6 Å². The molecule has 26 heteroatoms. The number of ether oxygens (including phenoxy) is 4. The molecule has 0 aliphatic carbocycles. The molecule has 8 rings (SSSR count). The molecule has 0 bridgehead atoms. The van der Waals surface area contributed by atoms with Gasteiger partial charge in [-0.15, -0.1) is 0 Å². The molecule has 0 spiro atoms. The van der Waals surface area contributed by atoms with Gasteiger partial charge in [0.15, 0.2) is 11.6 Å². The normalized spacial score (nSPS) is 15.4. The number of hydrogen-bond acceptors (Lipinski definition) is 19. The van der Waals surface area contributed by atoms with E-state index in [1.807, 2.05) is 36.4 Å². The number of amides is 2. The second-order valence-corrected chi connectivity index (χ2v) is 26.3. The number of hydrogen-bond donors (Lipinski definition) is 1. The van der Waals surface area contributed by atoms with Crippen LogP contribution in [-0.2, 0) is 54.8 Å². The number of pyridine rings is 2. The van der Waals surface area contributed by atoms with Crippen molar-refractivity contribution in [3.05, 3.63) is 108 Å². The summed E-state index contributed by atoms with van der Waals surface area (Å²) in [6.45, 7) is 15.2. The molecule has 2 aromatic carbocycles. The van der Waals surface area contributed by atoms with Gasteiger partial charge in [-0.2, -0.15) is 0 Å². The van der Waals surface area contributed by atoms with Crippen molar-refractivity contribution in [3.63, 3.8) is 0 Å². The molecule has 0 saturated carbocycles. The molecule has 2 aliphatic heterocycles. The van der Waals surface area contributed by atoms with Gasteiger partial charge in [-0.25, -0.2) is 19.1 Å². The third kappa shape index (κ3) is 16.3. The second-order valence-electron chi connectivity index (χ2n) is 23.4. The Kier molecular flexibility index (Phi) is 21.1. The molecule has 86 heavy (non-hydrogen) atoms. The molecule has 1 N–H and O–H groups in total. The average Bonchev–Trinajstić information content (AvgIpc) is 1.68. The molecule has 4 aromatic heterocycles. The van der Waals surface area contributed by atoms with Crippen LogP contribution in [0.5, 0.6) is 23.3 Å². The van der Waals surface area contributed by atoms with E-state index in [0.29, 0.717) is 42.3 Å². The van der Waals surface area contributed by atoms with Crippen molar-refractivity contribution in [2.24, 2.45) is 11.8 Å². The predicted molar refractivity (Wildman–Crippen MR) is 317 cm³/mol. The van der Waals surface area contributed by atoms with Gasteiger partial charge in [0.05, 0.1) is 79.5 Å². The maximum atomic E-state index is 13.8. The van der Waals surface area contributed by atoms with Crippen molar-refractivity contribution in [2.45, 2.75) is 118 Å². The number of aromatic nitrogens is 4. The van der Waals surface area contributed by atoms with E-state index in [4.69, 9.17) is 41.6 Å². The first kappa shape index (κ1) is 66.4. The highest BCUT2D eigenvalue weighted by Gasteiger charge is 2.40. The minimum atomic E-state index is -4.49. The fourth-order valence-electron chi connectivity index (χ4n) is 9.98. The minimum Gasteiger partial charge on any atom is -0.494 e. The maximum Gasteiger partial charge on any atom is 0.477 e. The van der Waals surface area contributed by atoms with Gasteiger partial charge in [-0.1, -0.05) is 60.7 Å². The Morgan fingerprint density at radius 1 is 0.523 bits per heavy atom. The van der Waals surface area contributed by atoms with Crippen LogP contribution in [0.1, 0.15) is 129 Å².